The molecule has 1 atom stereocenters. The number of hydrogen-bond acceptors (Lipinski definition) is 4. The zero-order valence-corrected chi connectivity index (χ0v) is 15.4. The Balaban J connectivity index is 1.59. The molecule has 1 aliphatic heterocycles. The molecule has 0 aromatic heterocycles. The first-order chi connectivity index (χ1) is 13.4. The predicted molar refractivity (Wildman–Crippen MR) is 99.8 cm³/mol. The van der Waals surface area contributed by atoms with E-state index in [1.165, 1.54) is 17.0 Å². The minimum Gasteiger partial charge on any atom is -0.497 e. The number of nitrogens with one attached hydrogen (secondary N) is 2. The van der Waals surface area contributed by atoms with Crippen molar-refractivity contribution in [3.8, 4) is 5.75 Å². The number of benzene rings is 2. The second-order valence-corrected chi connectivity index (χ2v) is 6.53. The molecule has 1 saturated heterocycles. The van der Waals surface area contributed by atoms with Crippen LogP contribution in [0.1, 0.15) is 12.0 Å². The van der Waals surface area contributed by atoms with E-state index in [-0.39, 0.29) is 24.8 Å². The van der Waals surface area contributed by atoms with E-state index in [0.717, 1.165) is 6.07 Å². The third-order valence-corrected chi connectivity index (χ3v) is 4.44. The van der Waals surface area contributed by atoms with E-state index in [1.54, 1.807) is 31.4 Å². The fourth-order valence-corrected chi connectivity index (χ4v) is 3.10. The first-order valence-corrected chi connectivity index (χ1v) is 8.85. The largest absolute Gasteiger partial charge is 0.497 e. The highest BCUT2D eigenvalue weighted by molar-refractivity contribution is 5.95. The number of halogens is 2. The number of hydrogen-bond donors (Lipinski definition) is 2. The van der Waals surface area contributed by atoms with Crippen LogP contribution in [0.2, 0.25) is 0 Å². The lowest BCUT2D eigenvalue weighted by atomic mass is 10.1. The van der Waals surface area contributed by atoms with E-state index in [9.17, 15) is 18.4 Å². The van der Waals surface area contributed by atoms with Crippen molar-refractivity contribution in [1.82, 2.24) is 10.2 Å². The smallest absolute Gasteiger partial charge is 0.240 e. The molecule has 2 amide bonds. The van der Waals surface area contributed by atoms with Gasteiger partial charge in [0.2, 0.25) is 11.8 Å². The van der Waals surface area contributed by atoms with Gasteiger partial charge in [-0.15, -0.1) is 0 Å². The third-order valence-electron chi connectivity index (χ3n) is 4.44. The topological polar surface area (TPSA) is 70.7 Å². The van der Waals surface area contributed by atoms with Crippen molar-refractivity contribution in [2.75, 3.05) is 25.5 Å². The molecule has 6 nitrogen and oxygen atoms in total. The molecular weight excluding hydrogens is 368 g/mol. The van der Waals surface area contributed by atoms with Crippen LogP contribution in [0, 0.1) is 11.6 Å². The maximum Gasteiger partial charge on any atom is 0.240 e. The van der Waals surface area contributed by atoms with Crippen LogP contribution in [-0.4, -0.2) is 43.0 Å². The number of rotatable bonds is 6. The summed E-state index contributed by atoms with van der Waals surface area (Å²) in [6.07, 6.45) is -0.0428. The molecule has 8 heteroatoms. The molecule has 0 aliphatic carbocycles. The van der Waals surface area contributed by atoms with Crippen LogP contribution in [-0.2, 0) is 16.1 Å². The SMILES string of the molecule is COc1ccc(NC(=O)CC2NCCN(Cc3cc(F)cc(F)c3)C2=O)cc1. The summed E-state index contributed by atoms with van der Waals surface area (Å²) in [6.45, 7) is 0.976. The molecule has 0 bridgehead atoms. The summed E-state index contributed by atoms with van der Waals surface area (Å²) in [6, 6.07) is 9.35. The molecule has 3 rings (SSSR count). The lowest BCUT2D eigenvalue weighted by molar-refractivity contribution is -0.138. The summed E-state index contributed by atoms with van der Waals surface area (Å²) < 4.78 is 31.8. The Labute approximate surface area is 161 Å². The quantitative estimate of drug-likeness (QED) is 0.796. The molecule has 2 N–H and O–H groups in total. The van der Waals surface area contributed by atoms with Gasteiger partial charge in [-0.1, -0.05) is 0 Å². The van der Waals surface area contributed by atoms with Crippen molar-refractivity contribution in [2.24, 2.45) is 0 Å². The van der Waals surface area contributed by atoms with Crippen LogP contribution in [0.25, 0.3) is 0 Å². The zero-order chi connectivity index (χ0) is 20.1. The van der Waals surface area contributed by atoms with Gasteiger partial charge < -0.3 is 20.3 Å². The summed E-state index contributed by atoms with van der Waals surface area (Å²) in [5.74, 6) is -1.29. The highest BCUT2D eigenvalue weighted by Gasteiger charge is 2.30. The Bertz CT molecular complexity index is 838. The molecule has 0 saturated carbocycles. The van der Waals surface area contributed by atoms with Gasteiger partial charge in [0.15, 0.2) is 0 Å². The fraction of sp³-hybridized carbons (Fsp3) is 0.300. The molecule has 0 radical (unpaired) electrons. The minimum atomic E-state index is -0.689. The second kappa shape index (κ2) is 8.79. The summed E-state index contributed by atoms with van der Waals surface area (Å²) in [5.41, 5.74) is 0.968. The first kappa shape index (κ1) is 19.8. The number of carbonyl (C=O) groups is 2. The molecule has 1 fully saturated rings. The van der Waals surface area contributed by atoms with E-state index in [4.69, 9.17) is 4.74 Å². The van der Waals surface area contributed by atoms with Crippen LogP contribution in [0.3, 0.4) is 0 Å². The van der Waals surface area contributed by atoms with Crippen molar-refractivity contribution < 1.29 is 23.1 Å². The van der Waals surface area contributed by atoms with Crippen molar-refractivity contribution in [1.29, 1.82) is 0 Å². The average Bonchev–Trinajstić information content (AvgIpc) is 2.65. The van der Waals surface area contributed by atoms with Gasteiger partial charge >= 0.3 is 0 Å². The van der Waals surface area contributed by atoms with Crippen molar-refractivity contribution in [3.05, 3.63) is 59.7 Å². The zero-order valence-electron chi connectivity index (χ0n) is 15.4. The molecule has 148 valence electrons. The van der Waals surface area contributed by atoms with Crippen LogP contribution in [0.4, 0.5) is 14.5 Å². The maximum absolute atomic E-state index is 13.4. The molecular formula is C20H21F2N3O3. The average molecular weight is 389 g/mol. The van der Waals surface area contributed by atoms with Gasteiger partial charge in [-0.2, -0.15) is 0 Å². The van der Waals surface area contributed by atoms with Gasteiger partial charge in [-0.05, 0) is 42.0 Å². The van der Waals surface area contributed by atoms with Gasteiger partial charge in [-0.3, -0.25) is 9.59 Å². The highest BCUT2D eigenvalue weighted by atomic mass is 19.1. The third kappa shape index (κ3) is 5.04. The Morgan fingerprint density at radius 1 is 1.21 bits per heavy atom. The number of anilines is 1. The van der Waals surface area contributed by atoms with Crippen LogP contribution in [0.15, 0.2) is 42.5 Å². The van der Waals surface area contributed by atoms with Crippen LogP contribution in [0.5, 0.6) is 5.75 Å². The molecule has 28 heavy (non-hydrogen) atoms. The Morgan fingerprint density at radius 3 is 2.54 bits per heavy atom. The second-order valence-electron chi connectivity index (χ2n) is 6.53. The van der Waals surface area contributed by atoms with E-state index in [0.29, 0.717) is 30.1 Å². The Morgan fingerprint density at radius 2 is 1.89 bits per heavy atom. The van der Waals surface area contributed by atoms with Crippen LogP contribution >= 0.6 is 0 Å². The van der Waals surface area contributed by atoms with Crippen molar-refractivity contribution in [2.45, 2.75) is 19.0 Å². The summed E-state index contributed by atoms with van der Waals surface area (Å²) in [4.78, 5) is 26.4. The number of amides is 2. The lowest BCUT2D eigenvalue weighted by Crippen LogP contribution is -2.55. The molecule has 1 unspecified atom stereocenters. The first-order valence-electron chi connectivity index (χ1n) is 8.85. The standard InChI is InChI=1S/C20H21F2N3O3/c1-28-17-4-2-16(3-5-17)24-19(26)11-18-20(27)25(7-6-23-18)12-13-8-14(21)10-15(22)9-13/h2-5,8-10,18,23H,6-7,11-12H2,1H3,(H,24,26). The van der Waals surface area contributed by atoms with Gasteiger partial charge in [0.05, 0.1) is 19.6 Å². The number of carbonyl (C=O) groups excluding carboxylic acids is 2. The van der Waals surface area contributed by atoms with Gasteiger partial charge in [0.25, 0.3) is 0 Å². The Kier molecular flexibility index (Phi) is 6.20. The molecule has 2 aromatic carbocycles. The van der Waals surface area contributed by atoms with E-state index >= 15 is 0 Å². The normalized spacial score (nSPS) is 16.8. The van der Waals surface area contributed by atoms with Crippen molar-refractivity contribution in [3.63, 3.8) is 0 Å². The van der Waals surface area contributed by atoms with Gasteiger partial charge in [0.1, 0.15) is 17.4 Å². The molecule has 1 heterocycles. The molecule has 0 spiro atoms. The van der Waals surface area contributed by atoms with Gasteiger partial charge in [-0.25, -0.2) is 8.78 Å². The maximum atomic E-state index is 13.4. The van der Waals surface area contributed by atoms with Gasteiger partial charge in [0, 0.05) is 31.4 Å². The van der Waals surface area contributed by atoms with Crippen LogP contribution < -0.4 is 15.4 Å². The number of nitrogens with zero attached hydrogens (tertiary/aromatic N) is 1. The summed E-state index contributed by atoms with van der Waals surface area (Å²) in [5, 5.41) is 5.76. The molecule has 2 aromatic rings. The summed E-state index contributed by atoms with van der Waals surface area (Å²) in [7, 11) is 1.55. The van der Waals surface area contributed by atoms with Crippen molar-refractivity contribution >= 4 is 17.5 Å². The van der Waals surface area contributed by atoms with E-state index < -0.39 is 17.7 Å². The lowest BCUT2D eigenvalue weighted by Gasteiger charge is -2.33. The predicted octanol–water partition coefficient (Wildman–Crippen LogP) is 2.30. The fourth-order valence-electron chi connectivity index (χ4n) is 3.10. The summed E-state index contributed by atoms with van der Waals surface area (Å²) >= 11 is 0. The highest BCUT2D eigenvalue weighted by Crippen LogP contribution is 2.17. The molecule has 1 aliphatic rings. The Hall–Kier alpha value is -3.00. The number of ether oxygens (including phenoxy) is 1. The monoisotopic (exact) mass is 389 g/mol. The minimum absolute atomic E-state index is 0.0428. The van der Waals surface area contributed by atoms with E-state index in [1.807, 2.05) is 0 Å². The number of methoxy groups -OCH3 is 1. The van der Waals surface area contributed by atoms with E-state index in [2.05, 4.69) is 10.6 Å². The number of piperazine rings is 1.